The van der Waals surface area contributed by atoms with Gasteiger partial charge in [0.2, 0.25) is 11.8 Å². The molecule has 1 fully saturated rings. The van der Waals surface area contributed by atoms with Crippen LogP contribution >= 0.6 is 0 Å². The van der Waals surface area contributed by atoms with E-state index in [9.17, 15) is 9.59 Å². The Kier molecular flexibility index (Phi) is 11.7. The van der Waals surface area contributed by atoms with Crippen molar-refractivity contribution in [3.63, 3.8) is 0 Å². The lowest BCUT2D eigenvalue weighted by atomic mass is 10.0. The summed E-state index contributed by atoms with van der Waals surface area (Å²) >= 11 is 0. The molecule has 50 heavy (non-hydrogen) atoms. The van der Waals surface area contributed by atoms with Gasteiger partial charge in [0.1, 0.15) is 11.9 Å². The Labute approximate surface area is 294 Å². The number of aliphatic imine (C=N–C) groups is 1. The predicted molar refractivity (Wildman–Crippen MR) is 193 cm³/mol. The Morgan fingerprint density at radius 2 is 1.70 bits per heavy atom. The van der Waals surface area contributed by atoms with Crippen molar-refractivity contribution in [2.45, 2.75) is 39.3 Å². The maximum atomic E-state index is 14.2. The Morgan fingerprint density at radius 3 is 2.40 bits per heavy atom. The summed E-state index contributed by atoms with van der Waals surface area (Å²) in [5.74, 6) is 1.06. The molecule has 0 aliphatic carbocycles. The first-order chi connectivity index (χ1) is 24.4. The van der Waals surface area contributed by atoms with Gasteiger partial charge in [-0.15, -0.1) is 0 Å². The van der Waals surface area contributed by atoms with Crippen molar-refractivity contribution >= 4 is 23.4 Å². The number of fused-ring (bicyclic) bond motifs is 1. The highest BCUT2D eigenvalue weighted by molar-refractivity contribution is 5.97. The largest absolute Gasteiger partial charge is 0.469 e. The molecule has 11 nitrogen and oxygen atoms in total. The van der Waals surface area contributed by atoms with Crippen LogP contribution in [-0.4, -0.2) is 103 Å². The Morgan fingerprint density at radius 1 is 0.960 bits per heavy atom. The Balaban J connectivity index is 1.28. The topological polar surface area (TPSA) is 103 Å². The number of nitrogens with zero attached hydrogens (tertiary/aromatic N) is 5. The molecule has 0 spiro atoms. The molecular formula is C39H48N6O5. The van der Waals surface area contributed by atoms with E-state index in [1.165, 1.54) is 0 Å². The molecule has 1 unspecified atom stereocenters. The van der Waals surface area contributed by atoms with Crippen LogP contribution in [-0.2, 0) is 27.1 Å². The van der Waals surface area contributed by atoms with Crippen LogP contribution in [0.4, 0.5) is 4.79 Å². The minimum Gasteiger partial charge on any atom is -0.469 e. The maximum Gasteiger partial charge on any atom is 0.416 e. The van der Waals surface area contributed by atoms with Gasteiger partial charge >= 0.3 is 6.09 Å². The number of carbonyl (C=O) groups excluding carboxylic acids is 2. The summed E-state index contributed by atoms with van der Waals surface area (Å²) in [6.07, 6.45) is 4.55. The third kappa shape index (κ3) is 8.83. The minimum absolute atomic E-state index is 0.0371. The highest BCUT2D eigenvalue weighted by Crippen LogP contribution is 2.33. The van der Waals surface area contributed by atoms with Crippen LogP contribution in [0.5, 0.6) is 0 Å². The number of allylic oxidation sites excluding steroid dienone is 1. The molecule has 3 aliphatic rings. The van der Waals surface area contributed by atoms with E-state index < -0.39 is 6.09 Å². The standard InChI is InChI=1S/C39H48N6O5/c1-29(2)37(46)42(3)19-20-44(18-11-17-43-21-24-48-25-22-43)39(47)50-38-34(27-32-16-10-23-49-32)41-36-33(26-30-12-6-4-7-13-30)40-35(28-45(36)38)31-14-8-5-9-15-31/h4-10,12-16,23,28-29,36,41H,11,17-22,24-27H2,1-3H3. The van der Waals surface area contributed by atoms with Gasteiger partial charge in [-0.05, 0) is 24.1 Å². The monoisotopic (exact) mass is 680 g/mol. The number of likely N-dealkylation sites (N-methyl/N-ethyl adjacent to an activating group) is 1. The number of hydrogen-bond donors (Lipinski definition) is 1. The van der Waals surface area contributed by atoms with Crippen molar-refractivity contribution in [1.82, 2.24) is 24.9 Å². The molecule has 4 heterocycles. The summed E-state index contributed by atoms with van der Waals surface area (Å²) in [6, 6.07) is 24.0. The molecule has 1 atom stereocenters. The fourth-order valence-electron chi connectivity index (χ4n) is 6.41. The highest BCUT2D eigenvalue weighted by Gasteiger charge is 2.39. The summed E-state index contributed by atoms with van der Waals surface area (Å²) in [6.45, 7) is 9.05. The lowest BCUT2D eigenvalue weighted by Gasteiger charge is -2.32. The lowest BCUT2D eigenvalue weighted by molar-refractivity contribution is -0.133. The molecular weight excluding hydrogens is 632 g/mol. The Hall–Kier alpha value is -4.87. The number of carbonyl (C=O) groups is 2. The van der Waals surface area contributed by atoms with Crippen molar-refractivity contribution in [3.8, 4) is 0 Å². The van der Waals surface area contributed by atoms with Crippen molar-refractivity contribution in [2.75, 3.05) is 59.5 Å². The fraction of sp³-hybridized carbons (Fsp3) is 0.410. The minimum atomic E-state index is -0.464. The quantitative estimate of drug-likeness (QED) is 0.248. The van der Waals surface area contributed by atoms with Crippen LogP contribution in [0.2, 0.25) is 0 Å². The third-order valence-corrected chi connectivity index (χ3v) is 9.18. The van der Waals surface area contributed by atoms with Gasteiger partial charge in [0, 0.05) is 70.4 Å². The van der Waals surface area contributed by atoms with E-state index in [2.05, 4.69) is 22.3 Å². The van der Waals surface area contributed by atoms with Crippen LogP contribution in [0.15, 0.2) is 106 Å². The summed E-state index contributed by atoms with van der Waals surface area (Å²) in [5.41, 5.74) is 4.50. The van der Waals surface area contributed by atoms with Crippen molar-refractivity contribution in [3.05, 3.63) is 114 Å². The molecule has 1 saturated heterocycles. The summed E-state index contributed by atoms with van der Waals surface area (Å²) in [5, 5.41) is 3.63. The second-order valence-electron chi connectivity index (χ2n) is 13.2. The van der Waals surface area contributed by atoms with Crippen LogP contribution in [0, 0.1) is 5.92 Å². The molecule has 1 N–H and O–H groups in total. The molecule has 3 aliphatic heterocycles. The number of benzene rings is 2. The SMILES string of the molecule is CC(C)C(=O)N(C)CCN(CCCN1CCOCC1)C(=O)OC1=C(Cc2ccco2)NC2C(Cc3ccccc3)=NC(c3ccccc3)=CN12. The van der Waals surface area contributed by atoms with Gasteiger partial charge in [-0.25, -0.2) is 4.79 Å². The van der Waals surface area contributed by atoms with Gasteiger partial charge < -0.3 is 29.0 Å². The molecule has 264 valence electrons. The molecule has 11 heteroatoms. The number of furan rings is 1. The number of nitrogens with one attached hydrogen (secondary N) is 1. The van der Waals surface area contributed by atoms with Gasteiger partial charge in [0.05, 0.1) is 43.0 Å². The average molecular weight is 681 g/mol. The molecule has 0 radical (unpaired) electrons. The number of ether oxygens (including phenoxy) is 2. The summed E-state index contributed by atoms with van der Waals surface area (Å²) in [7, 11) is 1.78. The zero-order chi connectivity index (χ0) is 34.9. The average Bonchev–Trinajstić information content (AvgIpc) is 3.78. The van der Waals surface area contributed by atoms with Gasteiger partial charge in [-0.2, -0.15) is 0 Å². The van der Waals surface area contributed by atoms with E-state index in [-0.39, 0.29) is 18.0 Å². The summed E-state index contributed by atoms with van der Waals surface area (Å²) < 4.78 is 17.7. The molecule has 0 saturated carbocycles. The van der Waals surface area contributed by atoms with Crippen molar-refractivity contribution < 1.29 is 23.5 Å². The first-order valence-corrected chi connectivity index (χ1v) is 17.6. The highest BCUT2D eigenvalue weighted by atomic mass is 16.6. The molecule has 3 aromatic rings. The second kappa shape index (κ2) is 16.7. The zero-order valence-corrected chi connectivity index (χ0v) is 29.3. The van der Waals surface area contributed by atoms with Crippen LogP contribution in [0.25, 0.3) is 5.70 Å². The normalized spacial score (nSPS) is 17.6. The smallest absolute Gasteiger partial charge is 0.416 e. The van der Waals surface area contributed by atoms with Crippen molar-refractivity contribution in [2.24, 2.45) is 10.9 Å². The number of amides is 2. The lowest BCUT2D eigenvalue weighted by Crippen LogP contribution is -2.46. The fourth-order valence-corrected chi connectivity index (χ4v) is 6.41. The Bertz CT molecular complexity index is 1670. The third-order valence-electron chi connectivity index (χ3n) is 9.18. The molecule has 6 rings (SSSR count). The first kappa shape index (κ1) is 35.0. The van der Waals surface area contributed by atoms with E-state index in [1.54, 1.807) is 23.1 Å². The van der Waals surface area contributed by atoms with Gasteiger partial charge in [-0.3, -0.25) is 19.6 Å². The van der Waals surface area contributed by atoms with Crippen LogP contribution < -0.4 is 5.32 Å². The van der Waals surface area contributed by atoms with E-state index in [0.29, 0.717) is 38.4 Å². The predicted octanol–water partition coefficient (Wildman–Crippen LogP) is 5.19. The van der Waals surface area contributed by atoms with Crippen LogP contribution in [0.1, 0.15) is 37.2 Å². The molecule has 1 aromatic heterocycles. The van der Waals surface area contributed by atoms with E-state index in [1.807, 2.05) is 85.6 Å². The first-order valence-electron chi connectivity index (χ1n) is 17.6. The molecule has 2 amide bonds. The number of morpholine rings is 1. The van der Waals surface area contributed by atoms with Gasteiger partial charge in [-0.1, -0.05) is 74.5 Å². The van der Waals surface area contributed by atoms with E-state index >= 15 is 0 Å². The van der Waals surface area contributed by atoms with E-state index in [4.69, 9.17) is 18.9 Å². The van der Waals surface area contributed by atoms with Gasteiger partial charge in [0.25, 0.3) is 0 Å². The maximum absolute atomic E-state index is 14.2. The van der Waals surface area contributed by atoms with Crippen LogP contribution in [0.3, 0.4) is 0 Å². The summed E-state index contributed by atoms with van der Waals surface area (Å²) in [4.78, 5) is 39.9. The number of hydrogen-bond acceptors (Lipinski definition) is 9. The zero-order valence-electron chi connectivity index (χ0n) is 29.3. The molecule has 0 bridgehead atoms. The van der Waals surface area contributed by atoms with Gasteiger partial charge in [0.15, 0.2) is 0 Å². The van der Waals surface area contributed by atoms with Crippen molar-refractivity contribution in [1.29, 1.82) is 0 Å². The number of rotatable bonds is 14. The molecule has 2 aromatic carbocycles. The van der Waals surface area contributed by atoms with E-state index in [0.717, 1.165) is 73.3 Å². The second-order valence-corrected chi connectivity index (χ2v) is 13.2.